The Morgan fingerprint density at radius 3 is 2.07 bits per heavy atom. The minimum atomic E-state index is -4.74. The number of aliphatic carboxylic acids is 1. The van der Waals surface area contributed by atoms with Crippen LogP contribution in [0.25, 0.3) is 11.1 Å². The maximum atomic E-state index is 12.5. The van der Waals surface area contributed by atoms with E-state index in [0.717, 1.165) is 34.4 Å². The van der Waals surface area contributed by atoms with Gasteiger partial charge < -0.3 is 25.2 Å². The molecule has 3 N–H and O–H groups in total. The number of hydrogen-bond donors (Lipinski definition) is 3. The topological polar surface area (TPSA) is 96.9 Å². The number of carbonyl (C=O) groups excluding carboxylic acids is 1. The van der Waals surface area contributed by atoms with Crippen LogP contribution < -0.4 is 20.1 Å². The van der Waals surface area contributed by atoms with E-state index in [1.807, 2.05) is 26.0 Å². The molecule has 3 aromatic carbocycles. The van der Waals surface area contributed by atoms with E-state index < -0.39 is 12.3 Å². The number of benzene rings is 3. The molecule has 1 atom stereocenters. The molecule has 0 aliphatic rings. The Bertz CT molecular complexity index is 1300. The number of aryl methyl sites for hydroxylation is 2. The zero-order valence-corrected chi connectivity index (χ0v) is 23.5. The second-order valence-corrected chi connectivity index (χ2v) is 10.3. The van der Waals surface area contributed by atoms with Gasteiger partial charge in [0.2, 0.25) is 0 Å². The Labute approximate surface area is 237 Å². The van der Waals surface area contributed by atoms with E-state index in [2.05, 4.69) is 29.2 Å². The van der Waals surface area contributed by atoms with Crippen molar-refractivity contribution >= 4 is 17.6 Å². The third kappa shape index (κ3) is 10.0. The molecule has 1 amide bonds. The number of nitrogens with one attached hydrogen (secondary N) is 2. The highest BCUT2D eigenvalue weighted by Crippen LogP contribution is 2.33. The normalized spacial score (nSPS) is 12.1. The van der Waals surface area contributed by atoms with Crippen LogP contribution in [0.15, 0.2) is 60.7 Å². The fourth-order valence-electron chi connectivity index (χ4n) is 4.56. The summed E-state index contributed by atoms with van der Waals surface area (Å²) in [6.07, 6.45) is -4.04. The molecular weight excluding hydrogens is 537 g/mol. The summed E-state index contributed by atoms with van der Waals surface area (Å²) < 4.78 is 47.6. The van der Waals surface area contributed by atoms with Gasteiger partial charge in [-0.15, -0.1) is 13.2 Å². The second kappa shape index (κ2) is 13.9. The predicted octanol–water partition coefficient (Wildman–Crippen LogP) is 6.98. The van der Waals surface area contributed by atoms with Gasteiger partial charge in [0.05, 0.1) is 12.5 Å². The molecule has 0 saturated carbocycles. The number of hydrogen-bond acceptors (Lipinski definition) is 5. The molecule has 0 fully saturated rings. The number of amides is 1. The van der Waals surface area contributed by atoms with Gasteiger partial charge in [-0.3, -0.25) is 9.59 Å². The largest absolute Gasteiger partial charge is 0.573 e. The van der Waals surface area contributed by atoms with Crippen molar-refractivity contribution in [1.29, 1.82) is 0 Å². The second-order valence-electron chi connectivity index (χ2n) is 10.3. The van der Waals surface area contributed by atoms with Gasteiger partial charge >= 0.3 is 12.3 Å². The van der Waals surface area contributed by atoms with Gasteiger partial charge in [-0.25, -0.2) is 0 Å². The van der Waals surface area contributed by atoms with Gasteiger partial charge in [0.25, 0.3) is 5.91 Å². The molecule has 1 unspecified atom stereocenters. The van der Waals surface area contributed by atoms with E-state index in [9.17, 15) is 22.8 Å². The lowest BCUT2D eigenvalue weighted by Crippen LogP contribution is -2.29. The summed E-state index contributed by atoms with van der Waals surface area (Å²) in [5, 5.41) is 14.8. The minimum absolute atomic E-state index is 0.0216. The summed E-state index contributed by atoms with van der Waals surface area (Å²) in [6, 6.07) is 16.6. The summed E-state index contributed by atoms with van der Waals surface area (Å²) in [5.41, 5.74) is 4.80. The zero-order valence-electron chi connectivity index (χ0n) is 23.5. The monoisotopic (exact) mass is 572 g/mol. The molecule has 7 nitrogen and oxygen atoms in total. The molecule has 3 aromatic rings. The molecule has 3 rings (SSSR count). The highest BCUT2D eigenvalue weighted by atomic mass is 19.4. The third-order valence-corrected chi connectivity index (χ3v) is 6.23. The minimum Gasteiger partial charge on any atom is -0.491 e. The Balaban J connectivity index is 1.65. The average Bonchev–Trinajstić information content (AvgIpc) is 2.87. The maximum absolute atomic E-state index is 12.5. The first-order chi connectivity index (χ1) is 19.3. The van der Waals surface area contributed by atoms with Crippen molar-refractivity contribution in [3.63, 3.8) is 0 Å². The first kappa shape index (κ1) is 31.3. The first-order valence-electron chi connectivity index (χ1n) is 13.3. The van der Waals surface area contributed by atoms with Crippen molar-refractivity contribution in [3.05, 3.63) is 77.4 Å². The lowest BCUT2D eigenvalue weighted by molar-refractivity contribution is -0.274. The van der Waals surface area contributed by atoms with Crippen LogP contribution in [0.4, 0.5) is 18.9 Å². The zero-order chi connectivity index (χ0) is 30.2. The summed E-state index contributed by atoms with van der Waals surface area (Å²) >= 11 is 0. The Hall–Kier alpha value is -4.21. The van der Waals surface area contributed by atoms with E-state index in [-0.39, 0.29) is 30.7 Å². The number of alkyl halides is 3. The number of carbonyl (C=O) groups is 2. The van der Waals surface area contributed by atoms with Crippen molar-refractivity contribution in [3.8, 4) is 22.6 Å². The molecule has 0 spiro atoms. The highest BCUT2D eigenvalue weighted by Gasteiger charge is 2.31. The number of rotatable bonds is 13. The summed E-state index contributed by atoms with van der Waals surface area (Å²) in [7, 11) is 0. The highest BCUT2D eigenvalue weighted by molar-refractivity contribution is 5.94. The average molecular weight is 573 g/mol. The molecule has 0 aliphatic heterocycles. The maximum Gasteiger partial charge on any atom is 0.573 e. The molecule has 0 aliphatic carbocycles. The van der Waals surface area contributed by atoms with Gasteiger partial charge in [-0.2, -0.15) is 0 Å². The SMILES string of the molecule is Cc1cc(OCC(CC(C)C)Nc2ccc(C(=O)NCCC(=O)O)cc2)cc(C)c1-c1ccc(OC(F)(F)F)cc1. The molecule has 0 heterocycles. The van der Waals surface area contributed by atoms with Crippen LogP contribution in [-0.4, -0.2) is 42.5 Å². The van der Waals surface area contributed by atoms with Gasteiger partial charge in [0.15, 0.2) is 0 Å². The van der Waals surface area contributed by atoms with E-state index in [1.54, 1.807) is 36.4 Å². The quantitative estimate of drug-likeness (QED) is 0.205. The van der Waals surface area contributed by atoms with Crippen molar-refractivity contribution in [2.24, 2.45) is 5.92 Å². The van der Waals surface area contributed by atoms with Gasteiger partial charge in [-0.05, 0) is 97.0 Å². The Kier molecular flexibility index (Phi) is 10.6. The van der Waals surface area contributed by atoms with Crippen LogP contribution >= 0.6 is 0 Å². The smallest absolute Gasteiger partial charge is 0.491 e. The van der Waals surface area contributed by atoms with Crippen molar-refractivity contribution in [2.45, 2.75) is 52.9 Å². The summed E-state index contributed by atoms with van der Waals surface area (Å²) in [5.74, 6) is -0.499. The van der Waals surface area contributed by atoms with Crippen LogP contribution in [-0.2, 0) is 4.79 Å². The molecule has 220 valence electrons. The van der Waals surface area contributed by atoms with E-state index in [0.29, 0.717) is 23.8 Å². The van der Waals surface area contributed by atoms with Gasteiger partial charge in [0, 0.05) is 17.8 Å². The van der Waals surface area contributed by atoms with Gasteiger partial charge in [0.1, 0.15) is 18.1 Å². The molecular formula is C31H35F3N2O5. The number of carboxylic acid groups (broad SMARTS) is 1. The number of anilines is 1. The predicted molar refractivity (Wildman–Crippen MR) is 151 cm³/mol. The molecule has 0 bridgehead atoms. The van der Waals surface area contributed by atoms with Crippen LogP contribution in [0, 0.1) is 19.8 Å². The third-order valence-electron chi connectivity index (χ3n) is 6.23. The van der Waals surface area contributed by atoms with Crippen molar-refractivity contribution in [1.82, 2.24) is 5.32 Å². The van der Waals surface area contributed by atoms with Crippen molar-refractivity contribution < 1.29 is 37.3 Å². The Morgan fingerprint density at radius 2 is 1.54 bits per heavy atom. The van der Waals surface area contributed by atoms with E-state index in [1.165, 1.54) is 12.1 Å². The van der Waals surface area contributed by atoms with Crippen molar-refractivity contribution in [2.75, 3.05) is 18.5 Å². The lowest BCUT2D eigenvalue weighted by Gasteiger charge is -2.23. The molecule has 0 radical (unpaired) electrons. The number of ether oxygens (including phenoxy) is 2. The fourth-order valence-corrected chi connectivity index (χ4v) is 4.56. The molecule has 0 aromatic heterocycles. The van der Waals surface area contributed by atoms with Crippen LogP contribution in [0.2, 0.25) is 0 Å². The summed E-state index contributed by atoms with van der Waals surface area (Å²) in [4.78, 5) is 22.8. The molecule has 0 saturated heterocycles. The summed E-state index contributed by atoms with van der Waals surface area (Å²) in [6.45, 7) is 8.54. The Morgan fingerprint density at radius 1 is 0.927 bits per heavy atom. The van der Waals surface area contributed by atoms with Crippen LogP contribution in [0.1, 0.15) is 48.2 Å². The number of halogens is 3. The van der Waals surface area contributed by atoms with Crippen LogP contribution in [0.3, 0.4) is 0 Å². The fraction of sp³-hybridized carbons (Fsp3) is 0.355. The standard InChI is InChI=1S/C31H35F3N2O5/c1-19(2)15-25(36-24-9-5-23(6-10-24)30(39)35-14-13-28(37)38)18-40-27-16-20(3)29(21(4)17-27)22-7-11-26(12-8-22)41-31(32,33)34/h5-12,16-17,19,25,36H,13-15,18H2,1-4H3,(H,35,39)(H,37,38). The van der Waals surface area contributed by atoms with Crippen LogP contribution in [0.5, 0.6) is 11.5 Å². The number of carboxylic acids is 1. The van der Waals surface area contributed by atoms with E-state index >= 15 is 0 Å². The molecule has 41 heavy (non-hydrogen) atoms. The lowest BCUT2D eigenvalue weighted by atomic mass is 9.95. The van der Waals surface area contributed by atoms with E-state index in [4.69, 9.17) is 9.84 Å². The molecule has 10 heteroatoms. The van der Waals surface area contributed by atoms with Gasteiger partial charge in [-0.1, -0.05) is 26.0 Å². The first-order valence-corrected chi connectivity index (χ1v) is 13.3.